The lowest BCUT2D eigenvalue weighted by atomic mass is 9.87. The van der Waals surface area contributed by atoms with Crippen LogP contribution >= 0.6 is 11.3 Å². The first-order valence-electron chi connectivity index (χ1n) is 10.6. The second-order valence-electron chi connectivity index (χ2n) is 8.30. The minimum Gasteiger partial charge on any atom is -0.394 e. The molecule has 5 nitrogen and oxygen atoms in total. The maximum absolute atomic E-state index is 13.2. The molecule has 0 radical (unpaired) electrons. The highest BCUT2D eigenvalue weighted by Crippen LogP contribution is 2.39. The summed E-state index contributed by atoms with van der Waals surface area (Å²) in [4.78, 5) is 2.19. The van der Waals surface area contributed by atoms with Crippen LogP contribution in [0.25, 0.3) is 10.4 Å². The van der Waals surface area contributed by atoms with Gasteiger partial charge in [-0.2, -0.15) is 0 Å². The van der Waals surface area contributed by atoms with Crippen molar-refractivity contribution in [3.05, 3.63) is 82.0 Å². The van der Waals surface area contributed by atoms with Gasteiger partial charge in [-0.3, -0.25) is 0 Å². The first-order chi connectivity index (χ1) is 15.3. The molecule has 1 saturated heterocycles. The standard InChI is InChI=1S/C25H27FO5S/c1-13-3-4-16(25-24(30)23(29)22(28)19(12-27)31-25)11-18(13)14(2)20-9-10-21(32-20)15-5-7-17(26)8-6-15/h3-11,14,19,22-25,27-30H,12H2,1-2H3. The number of aryl methyl sites for hydroxylation is 1. The van der Waals surface area contributed by atoms with Crippen LogP contribution in [0.5, 0.6) is 0 Å². The van der Waals surface area contributed by atoms with E-state index in [1.165, 1.54) is 12.1 Å². The molecule has 4 rings (SSSR count). The fourth-order valence-corrected chi connectivity index (χ4v) is 5.27. The molecule has 0 spiro atoms. The normalized spacial score (nSPS) is 26.8. The lowest BCUT2D eigenvalue weighted by Gasteiger charge is -2.40. The molecule has 1 aromatic heterocycles. The predicted octanol–water partition coefficient (Wildman–Crippen LogP) is 3.53. The molecule has 32 heavy (non-hydrogen) atoms. The summed E-state index contributed by atoms with van der Waals surface area (Å²) in [5.74, 6) is -0.210. The molecule has 7 heteroatoms. The molecule has 0 aliphatic carbocycles. The molecular formula is C25H27FO5S. The molecule has 2 aromatic carbocycles. The van der Waals surface area contributed by atoms with Crippen molar-refractivity contribution in [2.45, 2.75) is 50.3 Å². The minimum absolute atomic E-state index is 0.0547. The molecule has 1 fully saturated rings. The monoisotopic (exact) mass is 458 g/mol. The van der Waals surface area contributed by atoms with Crippen molar-refractivity contribution in [3.63, 3.8) is 0 Å². The molecule has 1 aliphatic heterocycles. The van der Waals surface area contributed by atoms with Crippen LogP contribution in [0.2, 0.25) is 0 Å². The van der Waals surface area contributed by atoms with E-state index >= 15 is 0 Å². The van der Waals surface area contributed by atoms with Crippen molar-refractivity contribution < 1.29 is 29.6 Å². The van der Waals surface area contributed by atoms with Gasteiger partial charge in [0.1, 0.15) is 36.3 Å². The Hall–Kier alpha value is -2.13. The smallest absolute Gasteiger partial charge is 0.123 e. The van der Waals surface area contributed by atoms with E-state index in [2.05, 4.69) is 13.0 Å². The summed E-state index contributed by atoms with van der Waals surface area (Å²) in [6.07, 6.45) is -5.92. The number of thiophene rings is 1. The Bertz CT molecular complexity index is 1060. The Kier molecular flexibility index (Phi) is 6.76. The number of halogens is 1. The first kappa shape index (κ1) is 23.0. The molecule has 6 unspecified atom stereocenters. The fraction of sp³-hybridized carbons (Fsp3) is 0.360. The summed E-state index contributed by atoms with van der Waals surface area (Å²) in [5.41, 5.74) is 3.75. The SMILES string of the molecule is Cc1ccc(C2OC(CO)C(O)C(O)C2O)cc1C(C)c1ccc(-c2ccc(F)cc2)s1. The lowest BCUT2D eigenvalue weighted by Crippen LogP contribution is -2.55. The van der Waals surface area contributed by atoms with Crippen molar-refractivity contribution in [1.82, 2.24) is 0 Å². The van der Waals surface area contributed by atoms with Gasteiger partial charge in [-0.25, -0.2) is 4.39 Å². The molecule has 170 valence electrons. The third-order valence-electron chi connectivity index (χ3n) is 6.17. The predicted molar refractivity (Wildman–Crippen MR) is 121 cm³/mol. The highest BCUT2D eigenvalue weighted by Gasteiger charge is 2.44. The van der Waals surface area contributed by atoms with Gasteiger partial charge >= 0.3 is 0 Å². The van der Waals surface area contributed by atoms with Crippen molar-refractivity contribution in [2.24, 2.45) is 0 Å². The summed E-state index contributed by atoms with van der Waals surface area (Å²) in [7, 11) is 0. The number of rotatable bonds is 5. The molecule has 0 saturated carbocycles. The Labute approximate surface area is 190 Å². The van der Waals surface area contributed by atoms with E-state index in [-0.39, 0.29) is 11.7 Å². The summed E-state index contributed by atoms with van der Waals surface area (Å²) < 4.78 is 19.0. The third-order valence-corrected chi connectivity index (χ3v) is 7.49. The molecule has 1 aliphatic rings. The van der Waals surface area contributed by atoms with Crippen LogP contribution < -0.4 is 0 Å². The molecule has 6 atom stereocenters. The quantitative estimate of drug-likeness (QED) is 0.470. The maximum atomic E-state index is 13.2. The van der Waals surface area contributed by atoms with Crippen molar-refractivity contribution >= 4 is 11.3 Å². The number of ether oxygens (including phenoxy) is 1. The van der Waals surface area contributed by atoms with Crippen molar-refractivity contribution in [3.8, 4) is 10.4 Å². The van der Waals surface area contributed by atoms with E-state index in [0.29, 0.717) is 5.56 Å². The average Bonchev–Trinajstić information content (AvgIpc) is 3.29. The van der Waals surface area contributed by atoms with Crippen LogP contribution in [0, 0.1) is 12.7 Å². The van der Waals surface area contributed by atoms with Gasteiger partial charge in [0.2, 0.25) is 0 Å². The summed E-state index contributed by atoms with van der Waals surface area (Å²) in [6, 6.07) is 16.2. The zero-order chi connectivity index (χ0) is 23.0. The molecule has 0 amide bonds. The molecule has 0 bridgehead atoms. The van der Waals surface area contributed by atoms with Gasteiger partial charge in [-0.1, -0.05) is 37.3 Å². The Balaban J connectivity index is 1.62. The van der Waals surface area contributed by atoms with Gasteiger partial charge in [-0.05, 0) is 53.4 Å². The zero-order valence-electron chi connectivity index (χ0n) is 17.9. The van der Waals surface area contributed by atoms with Gasteiger partial charge in [0.15, 0.2) is 0 Å². The highest BCUT2D eigenvalue weighted by atomic mass is 32.1. The van der Waals surface area contributed by atoms with Gasteiger partial charge in [0, 0.05) is 15.7 Å². The zero-order valence-corrected chi connectivity index (χ0v) is 18.7. The molecule has 2 heterocycles. The molecule has 3 aromatic rings. The van der Waals surface area contributed by atoms with E-state index in [9.17, 15) is 24.8 Å². The van der Waals surface area contributed by atoms with Crippen LogP contribution in [0.4, 0.5) is 4.39 Å². The summed E-state index contributed by atoms with van der Waals surface area (Å²) in [6.45, 7) is 3.65. The van der Waals surface area contributed by atoms with Gasteiger partial charge in [0.25, 0.3) is 0 Å². The van der Waals surface area contributed by atoms with Crippen LogP contribution in [0.15, 0.2) is 54.6 Å². The number of hydrogen-bond acceptors (Lipinski definition) is 6. The number of benzene rings is 2. The van der Waals surface area contributed by atoms with Gasteiger partial charge in [-0.15, -0.1) is 11.3 Å². The van der Waals surface area contributed by atoms with Crippen LogP contribution in [-0.2, 0) is 4.74 Å². The Morgan fingerprint density at radius 2 is 1.69 bits per heavy atom. The lowest BCUT2D eigenvalue weighted by molar-refractivity contribution is -0.231. The topological polar surface area (TPSA) is 90.2 Å². The first-order valence-corrected chi connectivity index (χ1v) is 11.4. The molecule has 4 N–H and O–H groups in total. The average molecular weight is 459 g/mol. The van der Waals surface area contributed by atoms with Crippen LogP contribution in [0.1, 0.15) is 40.5 Å². The largest absolute Gasteiger partial charge is 0.394 e. The van der Waals surface area contributed by atoms with E-state index < -0.39 is 37.1 Å². The second kappa shape index (κ2) is 9.39. The van der Waals surface area contributed by atoms with Crippen LogP contribution in [-0.4, -0.2) is 51.4 Å². The van der Waals surface area contributed by atoms with Gasteiger partial charge < -0.3 is 25.2 Å². The third kappa shape index (κ3) is 4.37. The number of hydrogen-bond donors (Lipinski definition) is 4. The highest BCUT2D eigenvalue weighted by molar-refractivity contribution is 7.15. The van der Waals surface area contributed by atoms with Gasteiger partial charge in [0.05, 0.1) is 6.61 Å². The molecular weight excluding hydrogens is 431 g/mol. The number of aliphatic hydroxyl groups is 4. The van der Waals surface area contributed by atoms with E-state index in [4.69, 9.17) is 4.74 Å². The summed E-state index contributed by atoms with van der Waals surface area (Å²) in [5, 5.41) is 40.2. The van der Waals surface area contributed by atoms with Crippen LogP contribution in [0.3, 0.4) is 0 Å². The maximum Gasteiger partial charge on any atom is 0.123 e. The minimum atomic E-state index is -1.41. The Morgan fingerprint density at radius 3 is 2.38 bits per heavy atom. The van der Waals surface area contributed by atoms with Crippen molar-refractivity contribution in [1.29, 1.82) is 0 Å². The number of aliphatic hydroxyl groups excluding tert-OH is 4. The van der Waals surface area contributed by atoms with Crippen molar-refractivity contribution in [2.75, 3.05) is 6.61 Å². The van der Waals surface area contributed by atoms with E-state index in [0.717, 1.165) is 26.4 Å². The second-order valence-corrected chi connectivity index (χ2v) is 9.41. The summed E-state index contributed by atoms with van der Waals surface area (Å²) >= 11 is 1.64. The van der Waals surface area contributed by atoms with E-state index in [1.54, 1.807) is 23.5 Å². The Morgan fingerprint density at radius 1 is 0.969 bits per heavy atom. The fourth-order valence-electron chi connectivity index (χ4n) is 4.19. The van der Waals surface area contributed by atoms with E-state index in [1.807, 2.05) is 31.2 Å².